The number of fused-ring (bicyclic) bond motifs is 1. The monoisotopic (exact) mass is 616 g/mol. The van der Waals surface area contributed by atoms with Crippen LogP contribution in [0.15, 0.2) is 81.8 Å². The zero-order valence-electron chi connectivity index (χ0n) is 24.4. The minimum atomic E-state index is -4.82. The number of ketones is 1. The van der Waals surface area contributed by atoms with Crippen LogP contribution in [0, 0.1) is 0 Å². The summed E-state index contributed by atoms with van der Waals surface area (Å²) in [4.78, 5) is 31.8. The van der Waals surface area contributed by atoms with Gasteiger partial charge in [-0.2, -0.15) is 23.1 Å². The Balaban J connectivity index is 0.984. The van der Waals surface area contributed by atoms with Crippen LogP contribution in [0.1, 0.15) is 46.1 Å². The standard InChI is InChI=1S/C33H31F3N6O3/c34-33(35,36)30-29(45-32(39-30)41-14-12-24(13-15-41)23-6-2-1-3-7-23)26(43)20-22-10-11-28(37-21-22)40-16-18-42(19-17-40)31-38-25-8-4-5-9-27(25)44-31/h1-11,21,24H,12-20H2. The highest BCUT2D eigenvalue weighted by molar-refractivity contribution is 5.96. The Kier molecular flexibility index (Phi) is 7.64. The van der Waals surface area contributed by atoms with E-state index in [2.05, 4.69) is 36.9 Å². The molecule has 2 saturated heterocycles. The van der Waals surface area contributed by atoms with Crippen molar-refractivity contribution < 1.29 is 26.8 Å². The fraction of sp³-hybridized carbons (Fsp3) is 0.333. The highest BCUT2D eigenvalue weighted by atomic mass is 19.4. The summed E-state index contributed by atoms with van der Waals surface area (Å²) in [5.41, 5.74) is 1.97. The first kappa shape index (κ1) is 28.9. The fourth-order valence-corrected chi connectivity index (χ4v) is 6.05. The van der Waals surface area contributed by atoms with Crippen molar-refractivity contribution in [2.24, 2.45) is 0 Å². The van der Waals surface area contributed by atoms with E-state index in [9.17, 15) is 18.0 Å². The highest BCUT2D eigenvalue weighted by Crippen LogP contribution is 2.37. The lowest BCUT2D eigenvalue weighted by atomic mass is 9.90. The van der Waals surface area contributed by atoms with Gasteiger partial charge in [0.05, 0.1) is 0 Å². The van der Waals surface area contributed by atoms with Crippen LogP contribution in [-0.4, -0.2) is 60.0 Å². The zero-order valence-corrected chi connectivity index (χ0v) is 24.4. The third-order valence-corrected chi connectivity index (χ3v) is 8.50. The third-order valence-electron chi connectivity index (χ3n) is 8.50. The van der Waals surface area contributed by atoms with E-state index in [-0.39, 0.29) is 12.4 Å². The molecule has 2 aliphatic heterocycles. The molecule has 9 nitrogen and oxygen atoms in total. The smallest absolute Gasteiger partial charge is 0.423 e. The number of benzene rings is 2. The molecule has 2 aliphatic rings. The van der Waals surface area contributed by atoms with Gasteiger partial charge in [-0.1, -0.05) is 48.5 Å². The van der Waals surface area contributed by atoms with Crippen molar-refractivity contribution in [2.75, 3.05) is 54.0 Å². The molecule has 2 aromatic carbocycles. The zero-order chi connectivity index (χ0) is 31.0. The predicted molar refractivity (Wildman–Crippen MR) is 163 cm³/mol. The van der Waals surface area contributed by atoms with E-state index in [1.54, 1.807) is 17.0 Å². The minimum Gasteiger partial charge on any atom is -0.423 e. The van der Waals surface area contributed by atoms with Crippen molar-refractivity contribution in [1.29, 1.82) is 0 Å². The van der Waals surface area contributed by atoms with Gasteiger partial charge in [0, 0.05) is 51.9 Å². The fourth-order valence-electron chi connectivity index (χ4n) is 6.05. The van der Waals surface area contributed by atoms with Crippen molar-refractivity contribution in [2.45, 2.75) is 31.4 Å². The van der Waals surface area contributed by atoms with Crippen LogP contribution in [0.2, 0.25) is 0 Å². The normalized spacial score (nSPS) is 16.5. The second kappa shape index (κ2) is 11.9. The van der Waals surface area contributed by atoms with Crippen molar-refractivity contribution in [3.05, 3.63) is 95.5 Å². The molecule has 12 heteroatoms. The molecule has 0 saturated carbocycles. The molecule has 0 aliphatic carbocycles. The predicted octanol–water partition coefficient (Wildman–Crippen LogP) is 6.37. The highest BCUT2D eigenvalue weighted by Gasteiger charge is 2.42. The van der Waals surface area contributed by atoms with E-state index >= 15 is 0 Å². The van der Waals surface area contributed by atoms with E-state index in [0.717, 1.165) is 29.8 Å². The Morgan fingerprint density at radius 1 is 0.778 bits per heavy atom. The summed E-state index contributed by atoms with van der Waals surface area (Å²) >= 11 is 0. The number of anilines is 3. The Morgan fingerprint density at radius 2 is 1.44 bits per heavy atom. The number of piperazine rings is 1. The molecule has 0 amide bonds. The Hall–Kier alpha value is -4.87. The first-order valence-electron chi connectivity index (χ1n) is 15.0. The first-order valence-corrected chi connectivity index (χ1v) is 15.0. The molecule has 2 fully saturated rings. The molecule has 0 N–H and O–H groups in total. The molecule has 0 spiro atoms. The number of pyridine rings is 1. The molecule has 0 bridgehead atoms. The summed E-state index contributed by atoms with van der Waals surface area (Å²) in [6, 6.07) is 21.6. The summed E-state index contributed by atoms with van der Waals surface area (Å²) < 4.78 is 53.2. The molecule has 0 radical (unpaired) electrons. The molecule has 3 aromatic heterocycles. The molecule has 5 aromatic rings. The lowest BCUT2D eigenvalue weighted by molar-refractivity contribution is -0.141. The summed E-state index contributed by atoms with van der Waals surface area (Å²) in [5.74, 6) is -0.516. The number of rotatable bonds is 7. The number of hydrogen-bond donors (Lipinski definition) is 0. The summed E-state index contributed by atoms with van der Waals surface area (Å²) in [5, 5.41) is 0. The summed E-state index contributed by atoms with van der Waals surface area (Å²) in [6.45, 7) is 3.71. The molecule has 7 rings (SSSR count). The van der Waals surface area contributed by atoms with Gasteiger partial charge in [0.15, 0.2) is 11.3 Å². The molecular weight excluding hydrogens is 585 g/mol. The molecule has 0 unspecified atom stereocenters. The van der Waals surface area contributed by atoms with Crippen LogP contribution in [0.3, 0.4) is 0 Å². The number of para-hydroxylation sites is 2. The van der Waals surface area contributed by atoms with E-state index in [0.29, 0.717) is 56.8 Å². The number of aromatic nitrogens is 3. The van der Waals surface area contributed by atoms with Crippen LogP contribution in [-0.2, 0) is 12.6 Å². The van der Waals surface area contributed by atoms with Gasteiger partial charge in [0.25, 0.3) is 12.0 Å². The van der Waals surface area contributed by atoms with Crippen molar-refractivity contribution in [3.8, 4) is 0 Å². The van der Waals surface area contributed by atoms with Crippen LogP contribution in [0.4, 0.5) is 31.0 Å². The van der Waals surface area contributed by atoms with Gasteiger partial charge >= 0.3 is 6.18 Å². The van der Waals surface area contributed by atoms with E-state index in [1.165, 1.54) is 11.8 Å². The third kappa shape index (κ3) is 6.09. The Bertz CT molecular complexity index is 1740. The minimum absolute atomic E-state index is 0.164. The molecule has 232 valence electrons. The average molecular weight is 617 g/mol. The van der Waals surface area contributed by atoms with Crippen LogP contribution >= 0.6 is 0 Å². The second-order valence-corrected chi connectivity index (χ2v) is 11.4. The number of nitrogens with zero attached hydrogens (tertiary/aromatic N) is 6. The van der Waals surface area contributed by atoms with E-state index < -0.39 is 23.4 Å². The number of hydrogen-bond acceptors (Lipinski definition) is 9. The van der Waals surface area contributed by atoms with Gasteiger partial charge in [-0.3, -0.25) is 4.79 Å². The summed E-state index contributed by atoms with van der Waals surface area (Å²) in [6.07, 6.45) is -2.08. The average Bonchev–Trinajstić information content (AvgIpc) is 3.72. The maximum Gasteiger partial charge on any atom is 0.437 e. The first-order chi connectivity index (χ1) is 21.8. The van der Waals surface area contributed by atoms with Crippen LogP contribution < -0.4 is 14.7 Å². The largest absolute Gasteiger partial charge is 0.437 e. The maximum atomic E-state index is 13.9. The number of halogens is 3. The van der Waals surface area contributed by atoms with Gasteiger partial charge in [-0.15, -0.1) is 0 Å². The number of Topliss-reactive ketones (excluding diaryl/α,β-unsaturated/α-hetero) is 1. The maximum absolute atomic E-state index is 13.9. The van der Waals surface area contributed by atoms with E-state index in [1.807, 2.05) is 42.5 Å². The topological polar surface area (TPSA) is 91.7 Å². The van der Waals surface area contributed by atoms with Gasteiger partial charge in [-0.25, -0.2) is 4.98 Å². The number of piperidine rings is 1. The van der Waals surface area contributed by atoms with Gasteiger partial charge in [-0.05, 0) is 48.1 Å². The lowest BCUT2D eigenvalue weighted by Crippen LogP contribution is -2.47. The number of alkyl halides is 3. The van der Waals surface area contributed by atoms with Crippen molar-refractivity contribution in [1.82, 2.24) is 15.0 Å². The van der Waals surface area contributed by atoms with Crippen LogP contribution in [0.5, 0.6) is 0 Å². The van der Waals surface area contributed by atoms with Crippen LogP contribution in [0.25, 0.3) is 11.1 Å². The van der Waals surface area contributed by atoms with Crippen molar-refractivity contribution >= 4 is 34.7 Å². The second-order valence-electron chi connectivity index (χ2n) is 11.4. The number of carbonyl (C=O) groups is 1. The van der Waals surface area contributed by atoms with E-state index in [4.69, 9.17) is 8.83 Å². The number of carbonyl (C=O) groups excluding carboxylic acids is 1. The molecule has 5 heterocycles. The number of oxazole rings is 2. The van der Waals surface area contributed by atoms with Crippen molar-refractivity contribution in [3.63, 3.8) is 0 Å². The quantitative estimate of drug-likeness (QED) is 0.194. The molecule has 45 heavy (non-hydrogen) atoms. The Morgan fingerprint density at radius 3 is 2.13 bits per heavy atom. The molecular formula is C33H31F3N6O3. The summed E-state index contributed by atoms with van der Waals surface area (Å²) in [7, 11) is 0. The SMILES string of the molecule is O=C(Cc1ccc(N2CCN(c3nc4ccccc4o3)CC2)nc1)c1oc(N2CCC(c3ccccc3)CC2)nc1C(F)(F)F. The van der Waals surface area contributed by atoms with Gasteiger partial charge in [0.2, 0.25) is 11.5 Å². The Labute approximate surface area is 257 Å². The van der Waals surface area contributed by atoms with Gasteiger partial charge < -0.3 is 23.5 Å². The van der Waals surface area contributed by atoms with Gasteiger partial charge in [0.1, 0.15) is 11.3 Å². The lowest BCUT2D eigenvalue weighted by Gasteiger charge is -2.34. The molecule has 0 atom stereocenters.